The fourth-order valence-electron chi connectivity index (χ4n) is 3.87. The number of benzene rings is 4. The van der Waals surface area contributed by atoms with E-state index in [-0.39, 0.29) is 11.5 Å². The Labute approximate surface area is 233 Å². The van der Waals surface area contributed by atoms with Crippen molar-refractivity contribution in [3.05, 3.63) is 149 Å². The first kappa shape index (κ1) is 27.9. The molecule has 0 aliphatic rings. The molecule has 0 aliphatic carbocycles. The van der Waals surface area contributed by atoms with E-state index in [2.05, 4.69) is 24.5 Å². The van der Waals surface area contributed by atoms with Gasteiger partial charge in [0.2, 0.25) is 0 Å². The molecule has 4 rings (SSSR count). The highest BCUT2D eigenvalue weighted by molar-refractivity contribution is 6.11. The van der Waals surface area contributed by atoms with Crippen molar-refractivity contribution in [2.24, 2.45) is 0 Å². The lowest BCUT2D eigenvalue weighted by molar-refractivity contribution is -0.113. The van der Waals surface area contributed by atoms with Gasteiger partial charge in [-0.1, -0.05) is 74.5 Å². The molecule has 0 spiro atoms. The number of hydrogen-bond donors (Lipinski definition) is 2. The maximum Gasteiger partial charge on any atom is 0.272 e. The van der Waals surface area contributed by atoms with Crippen LogP contribution in [0.25, 0.3) is 12.2 Å². The summed E-state index contributed by atoms with van der Waals surface area (Å²) in [6, 6.07) is 28.9. The van der Waals surface area contributed by atoms with Gasteiger partial charge < -0.3 is 10.6 Å². The van der Waals surface area contributed by atoms with Gasteiger partial charge in [-0.05, 0) is 77.7 Å². The van der Waals surface area contributed by atoms with Gasteiger partial charge in [-0.2, -0.15) is 0 Å². The van der Waals surface area contributed by atoms with Crippen LogP contribution in [-0.4, -0.2) is 17.6 Å². The lowest BCUT2D eigenvalue weighted by Crippen LogP contribution is -2.30. The van der Waals surface area contributed by atoms with Crippen molar-refractivity contribution < 1.29 is 18.8 Å². The van der Waals surface area contributed by atoms with Crippen molar-refractivity contribution in [1.29, 1.82) is 0 Å². The molecule has 5 nitrogen and oxygen atoms in total. The van der Waals surface area contributed by atoms with Crippen molar-refractivity contribution in [2.45, 2.75) is 19.8 Å². The summed E-state index contributed by atoms with van der Waals surface area (Å²) >= 11 is 0. The summed E-state index contributed by atoms with van der Waals surface area (Å²) < 4.78 is 13.8. The van der Waals surface area contributed by atoms with Gasteiger partial charge >= 0.3 is 0 Å². The zero-order chi connectivity index (χ0) is 28.5. The number of anilines is 1. The van der Waals surface area contributed by atoms with E-state index in [1.165, 1.54) is 18.2 Å². The zero-order valence-corrected chi connectivity index (χ0v) is 22.2. The molecule has 200 valence electrons. The van der Waals surface area contributed by atoms with Crippen molar-refractivity contribution in [3.8, 4) is 0 Å². The predicted molar refractivity (Wildman–Crippen MR) is 157 cm³/mol. The monoisotopic (exact) mass is 532 g/mol. The summed E-state index contributed by atoms with van der Waals surface area (Å²) in [6.07, 6.45) is 4.34. The zero-order valence-electron chi connectivity index (χ0n) is 22.2. The second-order valence-corrected chi connectivity index (χ2v) is 9.45. The third-order valence-corrected chi connectivity index (χ3v) is 6.19. The molecule has 0 heterocycles. The quantitative estimate of drug-likeness (QED) is 0.176. The third-order valence-electron chi connectivity index (χ3n) is 6.19. The van der Waals surface area contributed by atoms with Crippen LogP contribution < -0.4 is 10.6 Å². The summed E-state index contributed by atoms with van der Waals surface area (Å²) in [5.41, 5.74) is 3.54. The SMILES string of the molecule is CC(C)c1ccc(/C=C(\NC(=O)c2ccccc2)C(=O)Nc2ccc(C(=O)/C=C/c3ccccc3F)cc2)cc1. The topological polar surface area (TPSA) is 75.3 Å². The molecule has 0 saturated heterocycles. The summed E-state index contributed by atoms with van der Waals surface area (Å²) in [6.45, 7) is 4.20. The first-order valence-electron chi connectivity index (χ1n) is 12.9. The van der Waals surface area contributed by atoms with E-state index in [0.29, 0.717) is 28.3 Å². The minimum atomic E-state index is -0.518. The molecule has 0 bridgehead atoms. The van der Waals surface area contributed by atoms with Crippen LogP contribution in [0.3, 0.4) is 0 Å². The molecule has 0 aliphatic heterocycles. The highest BCUT2D eigenvalue weighted by Crippen LogP contribution is 2.18. The Hall–Kier alpha value is -5.10. The second kappa shape index (κ2) is 13.1. The number of hydrogen-bond acceptors (Lipinski definition) is 3. The lowest BCUT2D eigenvalue weighted by Gasteiger charge is -2.12. The van der Waals surface area contributed by atoms with E-state index in [0.717, 1.165) is 11.1 Å². The Kier molecular flexibility index (Phi) is 9.15. The van der Waals surface area contributed by atoms with Crippen molar-refractivity contribution >= 4 is 35.4 Å². The van der Waals surface area contributed by atoms with E-state index in [4.69, 9.17) is 0 Å². The Balaban J connectivity index is 1.51. The summed E-state index contributed by atoms with van der Waals surface area (Å²) in [7, 11) is 0. The van der Waals surface area contributed by atoms with E-state index in [1.807, 2.05) is 24.3 Å². The molecule has 6 heteroatoms. The number of ketones is 1. The second-order valence-electron chi connectivity index (χ2n) is 9.45. The average molecular weight is 533 g/mol. The van der Waals surface area contributed by atoms with Gasteiger partial charge in [0.05, 0.1) is 0 Å². The molecule has 0 saturated carbocycles. The number of carbonyl (C=O) groups excluding carboxylic acids is 3. The van der Waals surface area contributed by atoms with Crippen LogP contribution in [0.2, 0.25) is 0 Å². The molecule has 40 heavy (non-hydrogen) atoms. The molecular formula is C34H29FN2O3. The van der Waals surface area contributed by atoms with Crippen molar-refractivity contribution in [2.75, 3.05) is 5.32 Å². The smallest absolute Gasteiger partial charge is 0.272 e. The molecule has 0 aromatic heterocycles. The van der Waals surface area contributed by atoms with Crippen LogP contribution in [0.1, 0.15) is 57.2 Å². The number of allylic oxidation sites excluding steroid dienone is 1. The van der Waals surface area contributed by atoms with Gasteiger partial charge in [-0.3, -0.25) is 14.4 Å². The highest BCUT2D eigenvalue weighted by Gasteiger charge is 2.15. The minimum Gasteiger partial charge on any atom is -0.321 e. The maximum atomic E-state index is 13.8. The molecule has 0 radical (unpaired) electrons. The number of rotatable bonds is 9. The third kappa shape index (κ3) is 7.48. The van der Waals surface area contributed by atoms with Crippen molar-refractivity contribution in [1.82, 2.24) is 5.32 Å². The average Bonchev–Trinajstić information content (AvgIpc) is 2.97. The van der Waals surface area contributed by atoms with E-state index < -0.39 is 17.6 Å². The largest absolute Gasteiger partial charge is 0.321 e. The molecule has 2 N–H and O–H groups in total. The van der Waals surface area contributed by atoms with Crippen LogP contribution in [0, 0.1) is 5.82 Å². The molecule has 4 aromatic rings. The number of nitrogens with one attached hydrogen (secondary N) is 2. The van der Waals surface area contributed by atoms with Gasteiger partial charge in [0.1, 0.15) is 11.5 Å². The van der Waals surface area contributed by atoms with Crippen LogP contribution in [-0.2, 0) is 4.79 Å². The van der Waals surface area contributed by atoms with Gasteiger partial charge in [0.15, 0.2) is 5.78 Å². The van der Waals surface area contributed by atoms with Gasteiger partial charge in [0.25, 0.3) is 11.8 Å². The lowest BCUT2D eigenvalue weighted by atomic mass is 10.0. The minimum absolute atomic E-state index is 0.0686. The Morgan fingerprint density at radius 3 is 2.05 bits per heavy atom. The van der Waals surface area contributed by atoms with Crippen LogP contribution in [0.5, 0.6) is 0 Å². The highest BCUT2D eigenvalue weighted by atomic mass is 19.1. The van der Waals surface area contributed by atoms with Crippen LogP contribution in [0.4, 0.5) is 10.1 Å². The first-order chi connectivity index (χ1) is 19.3. The molecule has 0 atom stereocenters. The Morgan fingerprint density at radius 1 is 0.750 bits per heavy atom. The Morgan fingerprint density at radius 2 is 1.40 bits per heavy atom. The van der Waals surface area contributed by atoms with E-state index >= 15 is 0 Å². The van der Waals surface area contributed by atoms with Crippen LogP contribution in [0.15, 0.2) is 115 Å². The van der Waals surface area contributed by atoms with E-state index in [1.54, 1.807) is 78.9 Å². The normalized spacial score (nSPS) is 11.4. The van der Waals surface area contributed by atoms with Gasteiger partial charge in [0, 0.05) is 22.4 Å². The van der Waals surface area contributed by atoms with E-state index in [9.17, 15) is 18.8 Å². The molecule has 0 unspecified atom stereocenters. The summed E-state index contributed by atoms with van der Waals surface area (Å²) in [5.74, 6) is -1.28. The first-order valence-corrected chi connectivity index (χ1v) is 12.9. The number of amides is 2. The fourth-order valence-corrected chi connectivity index (χ4v) is 3.87. The predicted octanol–water partition coefficient (Wildman–Crippen LogP) is 7.25. The number of halogens is 1. The standard InChI is InChI=1S/C34H29FN2O3/c1-23(2)25-14-12-24(13-15-25)22-31(37-33(39)28-9-4-3-5-10-28)34(40)36-29-19-16-27(17-20-29)32(38)21-18-26-8-6-7-11-30(26)35/h3-23H,1-2H3,(H,36,40)(H,37,39)/b21-18+,31-22-. The Bertz CT molecular complexity index is 1560. The molecular weight excluding hydrogens is 503 g/mol. The summed E-state index contributed by atoms with van der Waals surface area (Å²) in [4.78, 5) is 38.7. The van der Waals surface area contributed by atoms with Crippen LogP contribution >= 0.6 is 0 Å². The molecule has 4 aromatic carbocycles. The maximum absolute atomic E-state index is 13.8. The number of carbonyl (C=O) groups is 3. The van der Waals surface area contributed by atoms with Crippen molar-refractivity contribution in [3.63, 3.8) is 0 Å². The van der Waals surface area contributed by atoms with Gasteiger partial charge in [-0.25, -0.2) is 4.39 Å². The molecule has 2 amide bonds. The summed E-state index contributed by atoms with van der Waals surface area (Å²) in [5, 5.41) is 5.50. The van der Waals surface area contributed by atoms with Gasteiger partial charge in [-0.15, -0.1) is 0 Å². The molecule has 0 fully saturated rings. The fraction of sp³-hybridized carbons (Fsp3) is 0.0882.